The van der Waals surface area contributed by atoms with Crippen LogP contribution < -0.4 is 20.7 Å². The van der Waals surface area contributed by atoms with Crippen LogP contribution in [0.2, 0.25) is 0 Å². The van der Waals surface area contributed by atoms with Gasteiger partial charge in [0.25, 0.3) is 0 Å². The zero-order valence-corrected chi connectivity index (χ0v) is 11.5. The van der Waals surface area contributed by atoms with Crippen molar-refractivity contribution in [1.29, 1.82) is 0 Å². The van der Waals surface area contributed by atoms with Gasteiger partial charge in [-0.3, -0.25) is 0 Å². The van der Waals surface area contributed by atoms with E-state index < -0.39 is 0 Å². The molecule has 1 aliphatic rings. The summed E-state index contributed by atoms with van der Waals surface area (Å²) in [6, 6.07) is 15.3. The molecule has 0 atom stereocenters. The zero-order chi connectivity index (χ0) is 14.5. The summed E-state index contributed by atoms with van der Waals surface area (Å²) in [4.78, 5) is 11.2. The van der Waals surface area contributed by atoms with E-state index in [4.69, 9.17) is 4.74 Å². The van der Waals surface area contributed by atoms with Crippen LogP contribution in [0, 0.1) is 0 Å². The molecule has 2 N–H and O–H groups in total. The fraction of sp³-hybridized carbons (Fsp3) is 0.188. The van der Waals surface area contributed by atoms with Gasteiger partial charge < -0.3 is 15.4 Å². The second-order valence-corrected chi connectivity index (χ2v) is 4.71. The molecule has 21 heavy (non-hydrogen) atoms. The number of nitrogens with one attached hydrogen (secondary N) is 2. The van der Waals surface area contributed by atoms with Crippen molar-refractivity contribution in [3.63, 3.8) is 0 Å². The van der Waals surface area contributed by atoms with E-state index in [9.17, 15) is 4.79 Å². The molecule has 2 amide bonds. The van der Waals surface area contributed by atoms with Crippen molar-refractivity contribution in [3.05, 3.63) is 54.1 Å². The van der Waals surface area contributed by atoms with Crippen molar-refractivity contribution < 1.29 is 9.53 Å². The number of amides is 2. The van der Waals surface area contributed by atoms with Crippen molar-refractivity contribution in [1.82, 2.24) is 10.6 Å². The smallest absolute Gasteiger partial charge is 0.346 e. The second kappa shape index (κ2) is 6.28. The molecule has 3 rings (SSSR count). The Labute approximate surface area is 123 Å². The highest BCUT2D eigenvalue weighted by Gasteiger charge is 2.22. The molecule has 5 nitrogen and oxygen atoms in total. The number of anilines is 1. The van der Waals surface area contributed by atoms with Crippen LogP contribution in [0.3, 0.4) is 0 Å². The Morgan fingerprint density at radius 1 is 1.10 bits per heavy atom. The van der Waals surface area contributed by atoms with Crippen molar-refractivity contribution in [3.8, 4) is 5.75 Å². The van der Waals surface area contributed by atoms with Gasteiger partial charge in [0.15, 0.2) is 0 Å². The zero-order valence-electron chi connectivity index (χ0n) is 11.5. The van der Waals surface area contributed by atoms with Gasteiger partial charge in [0.2, 0.25) is 0 Å². The van der Waals surface area contributed by atoms with Crippen molar-refractivity contribution in [2.75, 3.05) is 18.5 Å². The highest BCUT2D eigenvalue weighted by molar-refractivity contribution is 6.03. The van der Waals surface area contributed by atoms with Crippen LogP contribution in [-0.4, -0.2) is 19.2 Å². The molecule has 5 heteroatoms. The number of nitrogens with zero attached hydrogens (tertiary/aromatic N) is 1. The number of benzene rings is 2. The third-order valence-corrected chi connectivity index (χ3v) is 3.16. The summed E-state index contributed by atoms with van der Waals surface area (Å²) < 4.78 is 5.69. The van der Waals surface area contributed by atoms with E-state index in [1.807, 2.05) is 36.4 Å². The Hall–Kier alpha value is -2.53. The maximum atomic E-state index is 11.2. The standard InChI is InChI=1S/C16H16N3O2/c20-16-18-13-7-4-8-14(15(13)19-16)21-10-9-17-11-12-5-2-1-3-6-12/h1-8,17H,9-11H2,(H,18,20). The Kier molecular flexibility index (Phi) is 4.02. The highest BCUT2D eigenvalue weighted by Crippen LogP contribution is 2.36. The quantitative estimate of drug-likeness (QED) is 0.800. The molecule has 0 aromatic heterocycles. The SMILES string of the molecule is O=C1[N]c2c(cccc2OCCNCc2ccccc2)N1. The number of carbonyl (C=O) groups is 1. The molecule has 107 valence electrons. The highest BCUT2D eigenvalue weighted by atomic mass is 16.5. The van der Waals surface area contributed by atoms with Crippen molar-refractivity contribution in [2.24, 2.45) is 0 Å². The van der Waals surface area contributed by atoms with E-state index in [-0.39, 0.29) is 6.03 Å². The first-order chi connectivity index (χ1) is 10.3. The summed E-state index contributed by atoms with van der Waals surface area (Å²) in [6.45, 7) is 2.05. The van der Waals surface area contributed by atoms with E-state index in [0.29, 0.717) is 23.7 Å². The fourth-order valence-corrected chi connectivity index (χ4v) is 2.16. The van der Waals surface area contributed by atoms with Gasteiger partial charge in [-0.2, -0.15) is 5.32 Å². The van der Waals surface area contributed by atoms with Gasteiger partial charge in [-0.25, -0.2) is 4.79 Å². The number of hydrogen-bond acceptors (Lipinski definition) is 3. The van der Waals surface area contributed by atoms with Crippen LogP contribution in [-0.2, 0) is 6.54 Å². The molecule has 2 aromatic carbocycles. The average molecular weight is 282 g/mol. The molecule has 0 bridgehead atoms. The lowest BCUT2D eigenvalue weighted by Crippen LogP contribution is -2.20. The number of urea groups is 1. The molecule has 0 fully saturated rings. The lowest BCUT2D eigenvalue weighted by atomic mass is 10.2. The number of para-hydroxylation sites is 1. The maximum Gasteiger partial charge on any atom is 0.346 e. The van der Waals surface area contributed by atoms with Gasteiger partial charge in [0.1, 0.15) is 18.0 Å². The number of fused-ring (bicyclic) bond motifs is 1. The first-order valence-corrected chi connectivity index (χ1v) is 6.86. The summed E-state index contributed by atoms with van der Waals surface area (Å²) >= 11 is 0. The molecular weight excluding hydrogens is 266 g/mol. The Morgan fingerprint density at radius 2 is 1.95 bits per heavy atom. The molecular formula is C16H16N3O2. The van der Waals surface area contributed by atoms with Gasteiger partial charge >= 0.3 is 6.03 Å². The molecule has 0 unspecified atom stereocenters. The number of hydrogen-bond donors (Lipinski definition) is 2. The first kappa shape index (κ1) is 13.5. The van der Waals surface area contributed by atoms with Gasteiger partial charge in [0.05, 0.1) is 5.69 Å². The largest absolute Gasteiger partial charge is 0.490 e. The van der Waals surface area contributed by atoms with Crippen LogP contribution in [0.15, 0.2) is 48.5 Å². The van der Waals surface area contributed by atoms with E-state index in [0.717, 1.165) is 13.1 Å². The lowest BCUT2D eigenvalue weighted by Gasteiger charge is -2.09. The van der Waals surface area contributed by atoms with E-state index in [2.05, 4.69) is 28.1 Å². The first-order valence-electron chi connectivity index (χ1n) is 6.86. The predicted molar refractivity (Wildman–Crippen MR) is 80.9 cm³/mol. The molecule has 0 saturated heterocycles. The third-order valence-electron chi connectivity index (χ3n) is 3.16. The molecule has 0 aliphatic carbocycles. The monoisotopic (exact) mass is 282 g/mol. The number of rotatable bonds is 6. The van der Waals surface area contributed by atoms with E-state index in [1.54, 1.807) is 0 Å². The van der Waals surface area contributed by atoms with E-state index >= 15 is 0 Å². The Bertz CT molecular complexity index is 629. The topological polar surface area (TPSA) is 64.5 Å². The predicted octanol–water partition coefficient (Wildman–Crippen LogP) is 2.64. The molecule has 1 heterocycles. The van der Waals surface area contributed by atoms with Crippen LogP contribution in [0.5, 0.6) is 5.75 Å². The summed E-state index contributed by atoms with van der Waals surface area (Å²) in [5.74, 6) is 0.632. The summed E-state index contributed by atoms with van der Waals surface area (Å²) in [5, 5.41) is 9.87. The van der Waals surface area contributed by atoms with Gasteiger partial charge in [-0.1, -0.05) is 36.4 Å². The summed E-state index contributed by atoms with van der Waals surface area (Å²) in [6.07, 6.45) is 0. The molecule has 0 saturated carbocycles. The van der Waals surface area contributed by atoms with Crippen molar-refractivity contribution >= 4 is 17.4 Å². The Morgan fingerprint density at radius 3 is 2.81 bits per heavy atom. The average Bonchev–Trinajstić information content (AvgIpc) is 2.89. The van der Waals surface area contributed by atoms with Gasteiger partial charge in [-0.15, -0.1) is 0 Å². The minimum atomic E-state index is -0.344. The molecule has 1 radical (unpaired) electrons. The molecule has 2 aromatic rings. The normalized spacial score (nSPS) is 12.5. The third kappa shape index (κ3) is 3.32. The second-order valence-electron chi connectivity index (χ2n) is 4.71. The number of carbonyl (C=O) groups excluding carboxylic acids is 1. The van der Waals surface area contributed by atoms with Crippen molar-refractivity contribution in [2.45, 2.75) is 6.54 Å². The summed E-state index contributed by atoms with van der Waals surface area (Å²) in [5.41, 5.74) is 2.53. The van der Waals surface area contributed by atoms with Crippen LogP contribution >= 0.6 is 0 Å². The fourth-order valence-electron chi connectivity index (χ4n) is 2.16. The molecule has 0 spiro atoms. The van der Waals surface area contributed by atoms with Gasteiger partial charge in [-0.05, 0) is 17.7 Å². The molecule has 1 aliphatic heterocycles. The van der Waals surface area contributed by atoms with E-state index in [1.165, 1.54) is 5.56 Å². The van der Waals surface area contributed by atoms with Crippen LogP contribution in [0.4, 0.5) is 16.2 Å². The van der Waals surface area contributed by atoms with Crippen LogP contribution in [0.1, 0.15) is 5.56 Å². The Balaban J connectivity index is 1.46. The minimum absolute atomic E-state index is 0.344. The number of ether oxygens (including phenoxy) is 1. The minimum Gasteiger partial charge on any atom is -0.490 e. The van der Waals surface area contributed by atoms with Gasteiger partial charge in [0, 0.05) is 13.1 Å². The lowest BCUT2D eigenvalue weighted by molar-refractivity contribution is 0.255. The maximum absolute atomic E-state index is 11.2. The van der Waals surface area contributed by atoms with Crippen LogP contribution in [0.25, 0.3) is 0 Å². The summed E-state index contributed by atoms with van der Waals surface area (Å²) in [7, 11) is 0.